The Hall–Kier alpha value is -2.09. The average molecular weight is 352 g/mol. The van der Waals surface area contributed by atoms with E-state index in [-0.39, 0.29) is 5.91 Å². The molecule has 1 saturated carbocycles. The zero-order chi connectivity index (χ0) is 17.9. The van der Waals surface area contributed by atoms with Crippen LogP contribution in [-0.4, -0.2) is 38.2 Å². The number of rotatable bonds is 4. The molecular weight excluding hydrogens is 332 g/mol. The van der Waals surface area contributed by atoms with Gasteiger partial charge in [-0.15, -0.1) is 0 Å². The molecule has 0 aromatic heterocycles. The minimum Gasteiger partial charge on any atom is -0.481 e. The summed E-state index contributed by atoms with van der Waals surface area (Å²) >= 11 is 0. The molecule has 1 aromatic rings. The van der Waals surface area contributed by atoms with Crippen molar-refractivity contribution in [2.45, 2.75) is 20.3 Å². The molecule has 1 aliphatic carbocycles. The molecule has 0 spiro atoms. The number of hydrogen-bond acceptors (Lipinski definition) is 4. The molecule has 0 radical (unpaired) electrons. The van der Waals surface area contributed by atoms with Crippen LogP contribution in [0.4, 0.5) is 11.4 Å². The second-order valence-electron chi connectivity index (χ2n) is 7.03. The normalized spacial score (nSPS) is 24.4. The number of nitrogens with one attached hydrogen (secondary N) is 1. The van der Waals surface area contributed by atoms with Crippen LogP contribution in [0.25, 0.3) is 0 Å². The first kappa shape index (κ1) is 16.8. The van der Waals surface area contributed by atoms with Crippen molar-refractivity contribution in [1.82, 2.24) is 0 Å². The van der Waals surface area contributed by atoms with Gasteiger partial charge in [-0.25, -0.2) is 8.42 Å². The van der Waals surface area contributed by atoms with Crippen molar-refractivity contribution in [3.05, 3.63) is 23.8 Å². The van der Waals surface area contributed by atoms with E-state index in [1.807, 2.05) is 0 Å². The van der Waals surface area contributed by atoms with Gasteiger partial charge in [0.2, 0.25) is 15.9 Å². The van der Waals surface area contributed by atoms with Crippen LogP contribution in [0, 0.1) is 17.3 Å². The number of carboxylic acid groups (broad SMARTS) is 1. The molecule has 2 atom stereocenters. The van der Waals surface area contributed by atoms with E-state index in [0.717, 1.165) is 11.8 Å². The van der Waals surface area contributed by atoms with E-state index in [9.17, 15) is 23.1 Å². The van der Waals surface area contributed by atoms with Gasteiger partial charge in [-0.05, 0) is 29.5 Å². The van der Waals surface area contributed by atoms with Gasteiger partial charge in [0.05, 0.1) is 23.8 Å². The van der Waals surface area contributed by atoms with Crippen LogP contribution in [0.1, 0.15) is 19.4 Å². The number of amides is 1. The van der Waals surface area contributed by atoms with Crippen molar-refractivity contribution >= 4 is 33.3 Å². The van der Waals surface area contributed by atoms with E-state index in [1.54, 1.807) is 32.0 Å². The Labute approximate surface area is 140 Å². The summed E-state index contributed by atoms with van der Waals surface area (Å²) in [6, 6.07) is 5.14. The summed E-state index contributed by atoms with van der Waals surface area (Å²) in [5.41, 5.74) is 1.38. The molecule has 1 aliphatic heterocycles. The van der Waals surface area contributed by atoms with Crippen molar-refractivity contribution < 1.29 is 23.1 Å². The zero-order valence-electron chi connectivity index (χ0n) is 13.7. The van der Waals surface area contributed by atoms with Crippen molar-refractivity contribution in [3.63, 3.8) is 0 Å². The summed E-state index contributed by atoms with van der Waals surface area (Å²) in [5, 5.41) is 11.9. The minimum absolute atomic E-state index is 0.351. The standard InChI is InChI=1S/C16H20N2O5S/c1-16(2)12(13(16)15(20)21)14(19)17-10-5-4-9-6-7-18(11(9)8-10)24(3,22)23/h4-5,8,12-13H,6-7H2,1-3H3,(H,17,19)(H,20,21)/t12-,13-/m1/s1. The van der Waals surface area contributed by atoms with Crippen molar-refractivity contribution in [2.24, 2.45) is 17.3 Å². The molecule has 3 rings (SSSR count). The number of sulfonamides is 1. The quantitative estimate of drug-likeness (QED) is 0.850. The number of aliphatic carboxylic acids is 1. The summed E-state index contributed by atoms with van der Waals surface area (Å²) in [4.78, 5) is 23.6. The number of hydrogen-bond donors (Lipinski definition) is 2. The first-order valence-electron chi connectivity index (χ1n) is 7.68. The lowest BCUT2D eigenvalue weighted by Gasteiger charge is -2.17. The highest BCUT2D eigenvalue weighted by molar-refractivity contribution is 7.92. The summed E-state index contributed by atoms with van der Waals surface area (Å²) in [7, 11) is -3.36. The van der Waals surface area contributed by atoms with E-state index < -0.39 is 33.2 Å². The highest BCUT2D eigenvalue weighted by Crippen LogP contribution is 2.58. The molecule has 0 unspecified atom stereocenters. The molecule has 2 aliphatic rings. The number of anilines is 2. The smallest absolute Gasteiger partial charge is 0.307 e. The largest absolute Gasteiger partial charge is 0.481 e. The first-order chi connectivity index (χ1) is 11.0. The van der Waals surface area contributed by atoms with Gasteiger partial charge in [-0.3, -0.25) is 13.9 Å². The highest BCUT2D eigenvalue weighted by Gasteiger charge is 2.65. The van der Waals surface area contributed by atoms with Crippen LogP contribution in [0.2, 0.25) is 0 Å². The van der Waals surface area contributed by atoms with Crippen LogP contribution in [-0.2, 0) is 26.0 Å². The number of carbonyl (C=O) groups is 2. The van der Waals surface area contributed by atoms with Crippen molar-refractivity contribution in [2.75, 3.05) is 22.4 Å². The van der Waals surface area contributed by atoms with Crippen LogP contribution >= 0.6 is 0 Å². The van der Waals surface area contributed by atoms with Gasteiger partial charge in [-0.1, -0.05) is 19.9 Å². The molecular formula is C16H20N2O5S. The average Bonchev–Trinajstić information content (AvgIpc) is 2.82. The molecule has 2 N–H and O–H groups in total. The molecule has 8 heteroatoms. The van der Waals surface area contributed by atoms with Crippen LogP contribution in [0.5, 0.6) is 0 Å². The Morgan fingerprint density at radius 3 is 2.50 bits per heavy atom. The highest BCUT2D eigenvalue weighted by atomic mass is 32.2. The number of fused-ring (bicyclic) bond motifs is 1. The Morgan fingerprint density at radius 2 is 1.96 bits per heavy atom. The fourth-order valence-corrected chi connectivity index (χ4v) is 4.53. The second-order valence-corrected chi connectivity index (χ2v) is 8.94. The fourth-order valence-electron chi connectivity index (χ4n) is 3.58. The van der Waals surface area contributed by atoms with Gasteiger partial charge in [-0.2, -0.15) is 0 Å². The van der Waals surface area contributed by atoms with E-state index in [0.29, 0.717) is 24.3 Å². The predicted octanol–water partition coefficient (Wildman–Crippen LogP) is 1.30. The van der Waals surface area contributed by atoms with Gasteiger partial charge in [0.1, 0.15) is 0 Å². The van der Waals surface area contributed by atoms with Gasteiger partial charge in [0, 0.05) is 12.2 Å². The SMILES string of the molecule is CC1(C)[C@@H](C(=O)O)[C@@H]1C(=O)Nc1ccc2c(c1)N(S(C)(=O)=O)CC2. The van der Waals surface area contributed by atoms with Crippen LogP contribution in [0.15, 0.2) is 18.2 Å². The van der Waals surface area contributed by atoms with Gasteiger partial charge in [0.15, 0.2) is 0 Å². The lowest BCUT2D eigenvalue weighted by Crippen LogP contribution is -2.27. The zero-order valence-corrected chi connectivity index (χ0v) is 14.6. The number of nitrogens with zero attached hydrogens (tertiary/aromatic N) is 1. The molecule has 7 nitrogen and oxygen atoms in total. The van der Waals surface area contributed by atoms with E-state index >= 15 is 0 Å². The second kappa shape index (κ2) is 5.20. The Kier molecular flexibility index (Phi) is 3.63. The minimum atomic E-state index is -3.36. The summed E-state index contributed by atoms with van der Waals surface area (Å²) < 4.78 is 25.0. The van der Waals surface area contributed by atoms with Crippen molar-refractivity contribution in [3.8, 4) is 0 Å². The van der Waals surface area contributed by atoms with E-state index in [2.05, 4.69) is 5.32 Å². The molecule has 0 bridgehead atoms. The third kappa shape index (κ3) is 2.64. The summed E-state index contributed by atoms with van der Waals surface area (Å²) in [6.45, 7) is 3.90. The Bertz CT molecular complexity index is 831. The molecule has 1 heterocycles. The fraction of sp³-hybridized carbons (Fsp3) is 0.500. The molecule has 1 fully saturated rings. The Morgan fingerprint density at radius 1 is 1.29 bits per heavy atom. The summed E-state index contributed by atoms with van der Waals surface area (Å²) in [5.74, 6) is -2.61. The van der Waals surface area contributed by atoms with Crippen LogP contribution < -0.4 is 9.62 Å². The lowest BCUT2D eigenvalue weighted by atomic mass is 10.1. The van der Waals surface area contributed by atoms with E-state index in [1.165, 1.54) is 4.31 Å². The predicted molar refractivity (Wildman–Crippen MR) is 89.4 cm³/mol. The molecule has 0 saturated heterocycles. The van der Waals surface area contributed by atoms with Gasteiger partial charge >= 0.3 is 5.97 Å². The van der Waals surface area contributed by atoms with Gasteiger partial charge < -0.3 is 10.4 Å². The summed E-state index contributed by atoms with van der Waals surface area (Å²) in [6.07, 6.45) is 1.78. The van der Waals surface area contributed by atoms with Crippen LogP contribution in [0.3, 0.4) is 0 Å². The Balaban J connectivity index is 1.81. The van der Waals surface area contributed by atoms with Crippen molar-refractivity contribution in [1.29, 1.82) is 0 Å². The maximum atomic E-state index is 12.4. The first-order valence-corrected chi connectivity index (χ1v) is 9.52. The third-order valence-corrected chi connectivity index (χ3v) is 6.16. The molecule has 24 heavy (non-hydrogen) atoms. The third-order valence-electron chi connectivity index (χ3n) is 4.98. The lowest BCUT2D eigenvalue weighted by molar-refractivity contribution is -0.140. The van der Waals surface area contributed by atoms with Gasteiger partial charge in [0.25, 0.3) is 0 Å². The maximum Gasteiger partial charge on any atom is 0.307 e. The number of benzene rings is 1. The number of carbonyl (C=O) groups excluding carboxylic acids is 1. The number of carboxylic acids is 1. The molecule has 130 valence electrons. The molecule has 1 amide bonds. The molecule has 1 aromatic carbocycles. The maximum absolute atomic E-state index is 12.4. The monoisotopic (exact) mass is 352 g/mol. The topological polar surface area (TPSA) is 104 Å². The van der Waals surface area contributed by atoms with E-state index in [4.69, 9.17) is 0 Å².